The van der Waals surface area contributed by atoms with Crippen LogP contribution in [0.15, 0.2) is 60.7 Å². The molecular formula is C22H24O5SSi. The molecule has 3 atom stereocenters. The Morgan fingerprint density at radius 1 is 0.931 bits per heavy atom. The summed E-state index contributed by atoms with van der Waals surface area (Å²) in [6.07, 6.45) is -1.92. The fourth-order valence-electron chi connectivity index (χ4n) is 4.21. The van der Waals surface area contributed by atoms with Crippen LogP contribution in [0.25, 0.3) is 0 Å². The molecule has 0 saturated carbocycles. The minimum Gasteiger partial charge on any atom is -0.453 e. The first-order valence-corrected chi connectivity index (χ1v) is 12.0. The van der Waals surface area contributed by atoms with Crippen molar-refractivity contribution < 1.29 is 23.4 Å². The summed E-state index contributed by atoms with van der Waals surface area (Å²) in [7, 11) is -2.72. The van der Waals surface area contributed by atoms with Gasteiger partial charge in [-0.05, 0) is 15.4 Å². The van der Waals surface area contributed by atoms with E-state index in [0.29, 0.717) is 0 Å². The van der Waals surface area contributed by atoms with E-state index in [1.54, 1.807) is 0 Å². The van der Waals surface area contributed by atoms with E-state index in [1.807, 2.05) is 36.4 Å². The van der Waals surface area contributed by atoms with Gasteiger partial charge in [-0.15, -0.1) is 0 Å². The molecule has 7 heteroatoms. The average Bonchev–Trinajstić information content (AvgIpc) is 3.21. The van der Waals surface area contributed by atoms with Crippen LogP contribution in [-0.2, 0) is 23.4 Å². The molecule has 0 unspecified atom stereocenters. The van der Waals surface area contributed by atoms with Gasteiger partial charge in [-0.3, -0.25) is 0 Å². The summed E-state index contributed by atoms with van der Waals surface area (Å²) in [5, 5.41) is 2.16. The SMILES string of the molecule is CC(C)(C)[Si](OC[C@H]1OC(=O)[C@@H]2OC(=S)O[C@H]12)(c1ccccc1)c1ccccc1. The lowest BCUT2D eigenvalue weighted by Gasteiger charge is -2.43. The van der Waals surface area contributed by atoms with Crippen molar-refractivity contribution in [1.82, 2.24) is 0 Å². The lowest BCUT2D eigenvalue weighted by atomic mass is 10.1. The van der Waals surface area contributed by atoms with E-state index in [2.05, 4.69) is 45.0 Å². The van der Waals surface area contributed by atoms with Crippen molar-refractivity contribution in [2.45, 2.75) is 44.1 Å². The number of esters is 1. The molecule has 2 aromatic carbocycles. The zero-order valence-electron chi connectivity index (χ0n) is 16.7. The van der Waals surface area contributed by atoms with Crippen LogP contribution in [0.5, 0.6) is 0 Å². The number of rotatable bonds is 5. The largest absolute Gasteiger partial charge is 0.453 e. The molecule has 5 nitrogen and oxygen atoms in total. The first kappa shape index (κ1) is 20.1. The number of carbonyl (C=O) groups is 1. The van der Waals surface area contributed by atoms with Crippen LogP contribution in [-0.4, -0.2) is 44.4 Å². The highest BCUT2D eigenvalue weighted by Gasteiger charge is 2.56. The lowest BCUT2D eigenvalue weighted by molar-refractivity contribution is -0.148. The van der Waals surface area contributed by atoms with Crippen LogP contribution >= 0.6 is 12.2 Å². The van der Waals surface area contributed by atoms with Gasteiger partial charge in [0.2, 0.25) is 6.10 Å². The van der Waals surface area contributed by atoms with Crippen molar-refractivity contribution >= 4 is 42.1 Å². The number of fused-ring (bicyclic) bond motifs is 1. The maximum absolute atomic E-state index is 12.1. The van der Waals surface area contributed by atoms with Gasteiger partial charge < -0.3 is 18.6 Å². The standard InChI is InChI=1S/C22H24O5SSi/c1-22(2,3)29(15-10-6-4-7-11-15,16-12-8-5-9-13-16)24-14-17-18-19(20(23)25-17)27-21(28)26-18/h4-13,17-19H,14H2,1-3H3/t17-,18-,19-/m1/s1. The molecule has 2 aliphatic heterocycles. The van der Waals surface area contributed by atoms with Crippen LogP contribution in [0.4, 0.5) is 0 Å². The maximum Gasteiger partial charge on any atom is 0.353 e. The third-order valence-corrected chi connectivity index (χ3v) is 10.7. The molecule has 2 aliphatic rings. The van der Waals surface area contributed by atoms with Gasteiger partial charge in [0.15, 0.2) is 12.2 Å². The predicted octanol–water partition coefficient (Wildman–Crippen LogP) is 2.56. The number of hydrogen-bond donors (Lipinski definition) is 0. The van der Waals surface area contributed by atoms with Gasteiger partial charge in [-0.25, -0.2) is 4.79 Å². The molecule has 2 fully saturated rings. The monoisotopic (exact) mass is 428 g/mol. The highest BCUT2D eigenvalue weighted by atomic mass is 32.1. The second-order valence-corrected chi connectivity index (χ2v) is 13.0. The van der Waals surface area contributed by atoms with E-state index < -0.39 is 32.6 Å². The number of benzene rings is 2. The van der Waals surface area contributed by atoms with E-state index in [9.17, 15) is 4.79 Å². The fourth-order valence-corrected chi connectivity index (χ4v) is 8.99. The molecule has 2 saturated heterocycles. The Morgan fingerprint density at radius 3 is 2.00 bits per heavy atom. The number of ether oxygens (including phenoxy) is 3. The van der Waals surface area contributed by atoms with Crippen LogP contribution < -0.4 is 10.4 Å². The van der Waals surface area contributed by atoms with E-state index in [-0.39, 0.29) is 16.9 Å². The Labute approximate surface area is 177 Å². The van der Waals surface area contributed by atoms with Crippen molar-refractivity contribution in [1.29, 1.82) is 0 Å². The first-order chi connectivity index (χ1) is 13.8. The summed E-state index contributed by atoms with van der Waals surface area (Å²) in [5.74, 6) is -0.453. The Hall–Kier alpha value is -2.22. The Kier molecular flexibility index (Phi) is 5.23. The second-order valence-electron chi connectivity index (χ2n) is 8.32. The summed E-state index contributed by atoms with van der Waals surface area (Å²) in [5.41, 5.74) is 0. The topological polar surface area (TPSA) is 54.0 Å². The van der Waals surface area contributed by atoms with Crippen molar-refractivity contribution in [3.05, 3.63) is 60.7 Å². The van der Waals surface area contributed by atoms with Crippen LogP contribution in [0, 0.1) is 0 Å². The van der Waals surface area contributed by atoms with Crippen LogP contribution in [0.2, 0.25) is 5.04 Å². The van der Waals surface area contributed by atoms with Crippen molar-refractivity contribution in [3.8, 4) is 0 Å². The molecule has 0 bridgehead atoms. The molecule has 0 aliphatic carbocycles. The normalized spacial score (nSPS) is 23.9. The quantitative estimate of drug-likeness (QED) is 0.415. The molecule has 4 rings (SSSR count). The average molecular weight is 429 g/mol. The molecule has 29 heavy (non-hydrogen) atoms. The molecular weight excluding hydrogens is 404 g/mol. The summed E-state index contributed by atoms with van der Waals surface area (Å²) in [6, 6.07) is 20.6. The van der Waals surface area contributed by atoms with E-state index in [1.165, 1.54) is 10.4 Å². The molecule has 0 aromatic heterocycles. The lowest BCUT2D eigenvalue weighted by Crippen LogP contribution is -2.67. The zero-order valence-corrected chi connectivity index (χ0v) is 18.5. The fraction of sp³-hybridized carbons (Fsp3) is 0.364. The van der Waals surface area contributed by atoms with Crippen molar-refractivity contribution in [3.63, 3.8) is 0 Å². The maximum atomic E-state index is 12.1. The summed E-state index contributed by atoms with van der Waals surface area (Å²) < 4.78 is 23.1. The van der Waals surface area contributed by atoms with E-state index >= 15 is 0 Å². The Balaban J connectivity index is 1.72. The zero-order chi connectivity index (χ0) is 20.6. The van der Waals surface area contributed by atoms with Gasteiger partial charge in [-0.2, -0.15) is 0 Å². The van der Waals surface area contributed by atoms with Crippen molar-refractivity contribution in [2.24, 2.45) is 0 Å². The highest BCUT2D eigenvalue weighted by Crippen LogP contribution is 2.38. The van der Waals surface area contributed by atoms with Gasteiger partial charge in [0.25, 0.3) is 8.32 Å². The highest BCUT2D eigenvalue weighted by molar-refractivity contribution is 7.79. The number of hydrogen-bond acceptors (Lipinski definition) is 6. The first-order valence-electron chi connectivity index (χ1n) is 9.66. The van der Waals surface area contributed by atoms with Gasteiger partial charge >= 0.3 is 11.2 Å². The van der Waals surface area contributed by atoms with Crippen LogP contribution in [0.1, 0.15) is 20.8 Å². The Morgan fingerprint density at radius 2 is 1.48 bits per heavy atom. The molecule has 0 radical (unpaired) electrons. The molecule has 0 spiro atoms. The Bertz CT molecular complexity index is 857. The number of thiocarbonyl (C=S) groups is 1. The molecule has 2 heterocycles. The van der Waals surface area contributed by atoms with Gasteiger partial charge in [-0.1, -0.05) is 81.4 Å². The molecule has 0 N–H and O–H groups in total. The summed E-state index contributed by atoms with van der Waals surface area (Å²) >= 11 is 4.96. The molecule has 2 aromatic rings. The van der Waals surface area contributed by atoms with Gasteiger partial charge in [0.05, 0.1) is 6.61 Å². The predicted molar refractivity (Wildman–Crippen MR) is 116 cm³/mol. The van der Waals surface area contributed by atoms with Gasteiger partial charge in [0.1, 0.15) is 0 Å². The van der Waals surface area contributed by atoms with Crippen LogP contribution in [0.3, 0.4) is 0 Å². The minimum absolute atomic E-state index is 0.00732. The smallest absolute Gasteiger partial charge is 0.353 e. The summed E-state index contributed by atoms with van der Waals surface area (Å²) in [4.78, 5) is 12.1. The minimum atomic E-state index is -2.72. The number of carbonyl (C=O) groups excluding carboxylic acids is 1. The molecule has 0 amide bonds. The second kappa shape index (κ2) is 7.55. The van der Waals surface area contributed by atoms with E-state index in [4.69, 9.17) is 30.9 Å². The van der Waals surface area contributed by atoms with Crippen molar-refractivity contribution in [2.75, 3.05) is 6.61 Å². The number of cyclic esters (lactones) is 1. The molecule has 152 valence electrons. The summed E-state index contributed by atoms with van der Waals surface area (Å²) in [6.45, 7) is 6.82. The third kappa shape index (κ3) is 3.47. The van der Waals surface area contributed by atoms with Gasteiger partial charge in [0, 0.05) is 12.2 Å². The van der Waals surface area contributed by atoms with E-state index in [0.717, 1.165) is 0 Å². The third-order valence-electron chi connectivity index (χ3n) is 5.50.